The molecule has 0 bridgehead atoms. The van der Waals surface area contributed by atoms with Crippen molar-refractivity contribution in [3.63, 3.8) is 0 Å². The highest BCUT2D eigenvalue weighted by Crippen LogP contribution is 2.45. The lowest BCUT2D eigenvalue weighted by atomic mass is 9.92. The summed E-state index contributed by atoms with van der Waals surface area (Å²) in [4.78, 5) is 4.96. The molecule has 0 saturated carbocycles. The van der Waals surface area contributed by atoms with E-state index in [1.165, 1.54) is 0 Å². The maximum Gasteiger partial charge on any atom is 0.204 e. The zero-order valence-corrected chi connectivity index (χ0v) is 25.6. The molecule has 6 heteroatoms. The molecular weight excluding hydrogens is 570 g/mol. The molecule has 5 aromatic rings. The molecule has 0 aliphatic carbocycles. The highest BCUT2D eigenvalue weighted by atomic mass is 35.5. The van der Waals surface area contributed by atoms with Gasteiger partial charge in [-0.2, -0.15) is 0 Å². The van der Waals surface area contributed by atoms with E-state index >= 15 is 0 Å². The van der Waals surface area contributed by atoms with Gasteiger partial charge in [0.2, 0.25) is 5.75 Å². The summed E-state index contributed by atoms with van der Waals surface area (Å²) in [5, 5.41) is 0. The van der Waals surface area contributed by atoms with E-state index < -0.39 is 0 Å². The zero-order valence-electron chi connectivity index (χ0n) is 24.8. The fourth-order valence-electron chi connectivity index (χ4n) is 5.26. The molecule has 0 atom stereocenters. The van der Waals surface area contributed by atoms with Crippen LogP contribution in [0.4, 0.5) is 0 Å². The highest BCUT2D eigenvalue weighted by Gasteiger charge is 2.27. The topological polar surface area (TPSA) is 49.3 Å². The van der Waals surface area contributed by atoms with Gasteiger partial charge in [0.1, 0.15) is 25.6 Å². The predicted molar refractivity (Wildman–Crippen MR) is 178 cm³/mol. The van der Waals surface area contributed by atoms with E-state index in [1.54, 1.807) is 7.11 Å². The SMILES string of the molecule is COc1c(OCc2ccccc2)c(OCc2ccccc2)cc2c1C(Cc1ccc(OCc3ccccc3)cc1)=NCC2.Cl. The third kappa shape index (κ3) is 7.61. The van der Waals surface area contributed by atoms with E-state index in [0.717, 1.165) is 51.3 Å². The fourth-order valence-corrected chi connectivity index (χ4v) is 5.26. The zero-order chi connectivity index (χ0) is 29.3. The van der Waals surface area contributed by atoms with Crippen molar-refractivity contribution < 1.29 is 18.9 Å². The molecule has 0 N–H and O–H groups in total. The quantitative estimate of drug-likeness (QED) is 0.143. The Bertz CT molecular complexity index is 1660. The summed E-state index contributed by atoms with van der Waals surface area (Å²) in [6, 6.07) is 40.8. The summed E-state index contributed by atoms with van der Waals surface area (Å²) in [7, 11) is 1.69. The number of fused-ring (bicyclic) bond motifs is 1. The molecule has 1 aliphatic heterocycles. The van der Waals surface area contributed by atoms with Crippen LogP contribution in [0, 0.1) is 0 Å². The molecule has 0 fully saturated rings. The van der Waals surface area contributed by atoms with E-state index in [-0.39, 0.29) is 12.4 Å². The van der Waals surface area contributed by atoms with Gasteiger partial charge in [-0.1, -0.05) is 103 Å². The summed E-state index contributed by atoms with van der Waals surface area (Å²) in [5.41, 5.74) is 7.58. The van der Waals surface area contributed by atoms with Gasteiger partial charge in [-0.15, -0.1) is 12.4 Å². The van der Waals surface area contributed by atoms with Gasteiger partial charge in [-0.3, -0.25) is 4.99 Å². The van der Waals surface area contributed by atoms with Crippen LogP contribution in [-0.4, -0.2) is 19.4 Å². The minimum absolute atomic E-state index is 0. The Morgan fingerprint density at radius 2 is 1.14 bits per heavy atom. The minimum atomic E-state index is 0. The summed E-state index contributed by atoms with van der Waals surface area (Å²) < 4.78 is 24.9. The van der Waals surface area contributed by atoms with Crippen molar-refractivity contribution in [1.82, 2.24) is 0 Å². The van der Waals surface area contributed by atoms with Gasteiger partial charge in [0.05, 0.1) is 12.8 Å². The average Bonchev–Trinajstić information content (AvgIpc) is 3.07. The number of hydrogen-bond acceptors (Lipinski definition) is 5. The van der Waals surface area contributed by atoms with Crippen LogP contribution in [0.2, 0.25) is 0 Å². The Kier molecular flexibility index (Phi) is 10.6. The van der Waals surface area contributed by atoms with Gasteiger partial charge in [0, 0.05) is 18.5 Å². The number of ether oxygens (including phenoxy) is 4. The Morgan fingerprint density at radius 1 is 0.591 bits per heavy atom. The van der Waals surface area contributed by atoms with Crippen LogP contribution < -0.4 is 18.9 Å². The standard InChI is InChI=1S/C38H35NO4.ClH/c1-40-38-36-32(21-22-39-34(36)23-28-17-19-33(20-18-28)41-25-29-11-5-2-6-12-29)24-35(42-26-30-13-7-3-8-14-30)37(38)43-27-31-15-9-4-10-16-31;/h2-20,24H,21-23,25-27H2,1H3;1H. The van der Waals surface area contributed by atoms with Crippen molar-refractivity contribution in [2.45, 2.75) is 32.7 Å². The molecule has 0 radical (unpaired) electrons. The van der Waals surface area contributed by atoms with E-state index in [9.17, 15) is 0 Å². The Hall–Kier alpha value is -4.74. The van der Waals surface area contributed by atoms with Gasteiger partial charge >= 0.3 is 0 Å². The van der Waals surface area contributed by atoms with Crippen LogP contribution in [-0.2, 0) is 32.7 Å². The van der Waals surface area contributed by atoms with Crippen LogP contribution in [0.1, 0.15) is 33.4 Å². The monoisotopic (exact) mass is 605 g/mol. The summed E-state index contributed by atoms with van der Waals surface area (Å²) in [6.45, 7) is 2.09. The number of halogens is 1. The van der Waals surface area contributed by atoms with Crippen molar-refractivity contribution in [3.8, 4) is 23.0 Å². The number of rotatable bonds is 12. The summed E-state index contributed by atoms with van der Waals surface area (Å²) in [6.07, 6.45) is 1.48. The number of hydrogen-bond donors (Lipinski definition) is 0. The van der Waals surface area contributed by atoms with Gasteiger partial charge < -0.3 is 18.9 Å². The van der Waals surface area contributed by atoms with Crippen molar-refractivity contribution in [1.29, 1.82) is 0 Å². The maximum atomic E-state index is 6.46. The van der Waals surface area contributed by atoms with Crippen molar-refractivity contribution in [3.05, 3.63) is 155 Å². The molecular formula is C38H36ClNO4. The Morgan fingerprint density at radius 3 is 1.70 bits per heavy atom. The normalized spacial score (nSPS) is 11.9. The van der Waals surface area contributed by atoms with E-state index in [1.807, 2.05) is 66.7 Å². The second-order valence-electron chi connectivity index (χ2n) is 10.5. The third-order valence-electron chi connectivity index (χ3n) is 7.47. The number of nitrogens with zero attached hydrogens (tertiary/aromatic N) is 1. The fraction of sp³-hybridized carbons (Fsp3) is 0.184. The third-order valence-corrected chi connectivity index (χ3v) is 7.47. The Labute approximate surface area is 265 Å². The molecule has 0 saturated heterocycles. The molecule has 5 aromatic carbocycles. The molecule has 224 valence electrons. The first-order valence-corrected chi connectivity index (χ1v) is 14.6. The van der Waals surface area contributed by atoms with E-state index in [0.29, 0.717) is 50.0 Å². The second kappa shape index (κ2) is 15.1. The van der Waals surface area contributed by atoms with Gasteiger partial charge in [0.25, 0.3) is 0 Å². The number of aliphatic imine (C=N–C) groups is 1. The predicted octanol–water partition coefficient (Wildman–Crippen LogP) is 8.44. The lowest BCUT2D eigenvalue weighted by Crippen LogP contribution is -2.18. The smallest absolute Gasteiger partial charge is 0.204 e. The minimum Gasteiger partial charge on any atom is -0.492 e. The summed E-state index contributed by atoms with van der Waals surface area (Å²) >= 11 is 0. The number of methoxy groups -OCH3 is 1. The first-order chi connectivity index (χ1) is 21.3. The van der Waals surface area contributed by atoms with Crippen LogP contribution >= 0.6 is 12.4 Å². The molecule has 6 rings (SSSR count). The summed E-state index contributed by atoms with van der Waals surface area (Å²) in [5.74, 6) is 2.78. The molecule has 0 amide bonds. The largest absolute Gasteiger partial charge is 0.492 e. The van der Waals surface area contributed by atoms with Crippen molar-refractivity contribution in [2.75, 3.05) is 13.7 Å². The van der Waals surface area contributed by atoms with Gasteiger partial charge in [-0.05, 0) is 52.4 Å². The first-order valence-electron chi connectivity index (χ1n) is 14.6. The van der Waals surface area contributed by atoms with Crippen molar-refractivity contribution in [2.24, 2.45) is 4.99 Å². The Balaban J connectivity index is 0.00000384. The van der Waals surface area contributed by atoms with Crippen molar-refractivity contribution >= 4 is 18.1 Å². The van der Waals surface area contributed by atoms with Gasteiger partial charge in [-0.25, -0.2) is 0 Å². The molecule has 1 heterocycles. The first kappa shape index (κ1) is 30.7. The maximum absolute atomic E-state index is 6.46. The van der Waals surface area contributed by atoms with Crippen LogP contribution in [0.15, 0.2) is 126 Å². The molecule has 0 spiro atoms. The molecule has 0 unspecified atom stereocenters. The van der Waals surface area contributed by atoms with Crippen LogP contribution in [0.3, 0.4) is 0 Å². The van der Waals surface area contributed by atoms with Crippen LogP contribution in [0.5, 0.6) is 23.0 Å². The highest BCUT2D eigenvalue weighted by molar-refractivity contribution is 6.07. The molecule has 5 nitrogen and oxygen atoms in total. The molecule has 1 aliphatic rings. The van der Waals surface area contributed by atoms with E-state index in [2.05, 4.69) is 54.6 Å². The van der Waals surface area contributed by atoms with Crippen LogP contribution in [0.25, 0.3) is 0 Å². The van der Waals surface area contributed by atoms with Gasteiger partial charge in [0.15, 0.2) is 11.5 Å². The average molecular weight is 606 g/mol. The lowest BCUT2D eigenvalue weighted by Gasteiger charge is -2.25. The molecule has 44 heavy (non-hydrogen) atoms. The lowest BCUT2D eigenvalue weighted by molar-refractivity contribution is 0.243. The molecule has 0 aromatic heterocycles. The second-order valence-corrected chi connectivity index (χ2v) is 10.5. The van der Waals surface area contributed by atoms with E-state index in [4.69, 9.17) is 23.9 Å². The number of benzene rings is 5.